The van der Waals surface area contributed by atoms with Crippen molar-refractivity contribution in [3.8, 4) is 0 Å². The zero-order valence-electron chi connectivity index (χ0n) is 29.1. The molecule has 3 aromatic rings. The average Bonchev–Trinajstić information content (AvgIpc) is 3.29. The molecule has 0 aromatic heterocycles. The van der Waals surface area contributed by atoms with Crippen LogP contribution in [0.5, 0.6) is 0 Å². The minimum Gasteiger partial charge on any atom is -0.444 e. The molecule has 2 aliphatic heterocycles. The maximum absolute atomic E-state index is 13.3. The van der Waals surface area contributed by atoms with Crippen LogP contribution in [0.2, 0.25) is 0 Å². The fraction of sp³-hybridized carbons (Fsp3) is 0.459. The monoisotopic (exact) mass is 678 g/mol. The number of rotatable bonds is 4. The number of para-hydroxylation sites is 2. The lowest BCUT2D eigenvalue weighted by molar-refractivity contribution is 0.0491. The van der Waals surface area contributed by atoms with Crippen LogP contribution < -0.4 is 20.3 Å². The van der Waals surface area contributed by atoms with Crippen molar-refractivity contribution in [2.45, 2.75) is 102 Å². The summed E-state index contributed by atoms with van der Waals surface area (Å²) in [6, 6.07) is 22.4. The first-order chi connectivity index (χ1) is 22.5. The highest BCUT2D eigenvalue weighted by Crippen LogP contribution is 2.31. The number of benzene rings is 3. The third-order valence-corrected chi connectivity index (χ3v) is 9.58. The molecule has 0 radical (unpaired) electrons. The molecule has 5 rings (SSSR count). The Morgan fingerprint density at radius 2 is 1.27 bits per heavy atom. The number of anilines is 2. The molecular weight excluding hydrogens is 628 g/mol. The third kappa shape index (κ3) is 10.6. The molecule has 2 unspecified atom stereocenters. The van der Waals surface area contributed by atoms with Crippen LogP contribution in [0.4, 0.5) is 21.0 Å². The Kier molecular flexibility index (Phi) is 11.7. The van der Waals surface area contributed by atoms with Gasteiger partial charge in [0.25, 0.3) is 10.0 Å². The van der Waals surface area contributed by atoms with Crippen molar-refractivity contribution in [1.82, 2.24) is 10.6 Å². The largest absolute Gasteiger partial charge is 0.444 e. The smallest absolute Gasteiger partial charge is 0.407 e. The Bertz CT molecular complexity index is 1660. The molecule has 260 valence electrons. The van der Waals surface area contributed by atoms with Crippen molar-refractivity contribution in [1.29, 1.82) is 0 Å². The van der Waals surface area contributed by atoms with E-state index in [4.69, 9.17) is 9.47 Å². The number of alkyl carbamates (subject to hydrolysis) is 2. The van der Waals surface area contributed by atoms with Crippen LogP contribution in [-0.2, 0) is 32.3 Å². The van der Waals surface area contributed by atoms with Gasteiger partial charge < -0.3 is 25.4 Å². The molecule has 0 spiro atoms. The summed E-state index contributed by atoms with van der Waals surface area (Å²) in [5, 5.41) is 9.23. The molecule has 11 heteroatoms. The molecule has 2 heterocycles. The van der Waals surface area contributed by atoms with Gasteiger partial charge in [0.05, 0.1) is 10.6 Å². The van der Waals surface area contributed by atoms with Gasteiger partial charge in [0, 0.05) is 30.9 Å². The highest BCUT2D eigenvalue weighted by Gasteiger charge is 2.31. The number of amides is 2. The normalized spacial score (nSPS) is 17.9. The van der Waals surface area contributed by atoms with Gasteiger partial charge in [0.1, 0.15) is 11.2 Å². The number of sulfonamides is 1. The molecule has 3 aromatic carbocycles. The predicted molar refractivity (Wildman–Crippen MR) is 190 cm³/mol. The van der Waals surface area contributed by atoms with Crippen LogP contribution in [0.15, 0.2) is 77.7 Å². The molecule has 0 saturated carbocycles. The Morgan fingerprint density at radius 3 is 1.88 bits per heavy atom. The lowest BCUT2D eigenvalue weighted by atomic mass is 10.0. The van der Waals surface area contributed by atoms with E-state index in [-0.39, 0.29) is 29.6 Å². The van der Waals surface area contributed by atoms with Crippen LogP contribution in [0.1, 0.15) is 71.1 Å². The topological polar surface area (TPSA) is 126 Å². The predicted octanol–water partition coefficient (Wildman–Crippen LogP) is 6.97. The zero-order valence-corrected chi connectivity index (χ0v) is 29.9. The Morgan fingerprint density at radius 1 is 0.750 bits per heavy atom. The highest BCUT2D eigenvalue weighted by molar-refractivity contribution is 7.92. The first-order valence-corrected chi connectivity index (χ1v) is 17.9. The molecule has 48 heavy (non-hydrogen) atoms. The number of hydrogen-bond donors (Lipinski definition) is 3. The Hall–Kier alpha value is -4.25. The van der Waals surface area contributed by atoms with Gasteiger partial charge in [-0.15, -0.1) is 0 Å². The number of aryl methyl sites for hydroxylation is 1. The number of fused-ring (bicyclic) bond motifs is 2. The van der Waals surface area contributed by atoms with Crippen LogP contribution in [0.25, 0.3) is 0 Å². The second kappa shape index (κ2) is 15.3. The number of nitrogens with zero attached hydrogens (tertiary/aromatic N) is 1. The van der Waals surface area contributed by atoms with Crippen molar-refractivity contribution in [2.24, 2.45) is 0 Å². The van der Waals surface area contributed by atoms with Gasteiger partial charge >= 0.3 is 12.2 Å². The molecule has 0 fully saturated rings. The molecule has 0 aliphatic carbocycles. The first-order valence-electron chi connectivity index (χ1n) is 16.5. The number of hydrogen-bond acceptors (Lipinski definition) is 7. The van der Waals surface area contributed by atoms with E-state index < -0.39 is 27.3 Å². The summed E-state index contributed by atoms with van der Waals surface area (Å²) in [6.07, 6.45) is 1.93. The number of carbonyl (C=O) groups excluding carboxylic acids is 2. The summed E-state index contributed by atoms with van der Waals surface area (Å²) in [6.45, 7) is 14.1. The second-order valence-corrected chi connectivity index (χ2v) is 16.1. The van der Waals surface area contributed by atoms with E-state index in [9.17, 15) is 18.0 Å². The standard InChI is InChI=1S/C22H28N2O4S.C15H22N2O2/c1-16-9-11-19(12-10-16)29(26,27)24-14-13-18(23-21(25)28-22(2,3)4)15-17-7-5-6-8-20(17)24;1-15(2,3)19-14(18)17-12-8-9-16-13-7-5-4-6-11(13)10-12/h5-12,18H,13-15H2,1-4H3,(H,23,25);4-7,12,16H,8-10H2,1-3H3,(H,17,18). The lowest BCUT2D eigenvalue weighted by Crippen LogP contribution is -2.41. The average molecular weight is 679 g/mol. The summed E-state index contributed by atoms with van der Waals surface area (Å²) >= 11 is 0. The van der Waals surface area contributed by atoms with Crippen molar-refractivity contribution >= 4 is 33.6 Å². The van der Waals surface area contributed by atoms with E-state index in [2.05, 4.69) is 28.1 Å². The number of nitrogens with one attached hydrogen (secondary N) is 3. The van der Waals surface area contributed by atoms with Crippen LogP contribution in [0.3, 0.4) is 0 Å². The molecule has 0 bridgehead atoms. The van der Waals surface area contributed by atoms with E-state index in [0.29, 0.717) is 18.5 Å². The maximum Gasteiger partial charge on any atom is 0.407 e. The van der Waals surface area contributed by atoms with Gasteiger partial charge in [0.2, 0.25) is 0 Å². The lowest BCUT2D eigenvalue weighted by Gasteiger charge is -2.25. The van der Waals surface area contributed by atoms with E-state index >= 15 is 0 Å². The van der Waals surface area contributed by atoms with Gasteiger partial charge in [-0.05, 0) is 110 Å². The number of ether oxygens (including phenoxy) is 2. The summed E-state index contributed by atoms with van der Waals surface area (Å²) in [7, 11) is -3.71. The van der Waals surface area contributed by atoms with E-state index in [1.165, 1.54) is 9.87 Å². The van der Waals surface area contributed by atoms with Gasteiger partial charge in [-0.2, -0.15) is 0 Å². The van der Waals surface area contributed by atoms with Crippen LogP contribution in [0, 0.1) is 6.92 Å². The fourth-order valence-electron chi connectivity index (χ4n) is 5.59. The minimum atomic E-state index is -3.71. The van der Waals surface area contributed by atoms with Crippen LogP contribution in [-0.4, -0.2) is 57.0 Å². The second-order valence-electron chi connectivity index (χ2n) is 14.3. The van der Waals surface area contributed by atoms with E-state index in [1.807, 2.05) is 84.9 Å². The SMILES string of the molecule is CC(C)(C)OC(=O)NC1CCNc2ccccc2C1.Cc1ccc(S(=O)(=O)N2CCC(NC(=O)OC(C)(C)C)Cc3ccccc32)cc1. The quantitative estimate of drug-likeness (QED) is 0.272. The molecule has 0 saturated heterocycles. The molecule has 2 aliphatic rings. The number of carbonyl (C=O) groups is 2. The summed E-state index contributed by atoms with van der Waals surface area (Å²) in [5.41, 5.74) is 3.89. The van der Waals surface area contributed by atoms with Gasteiger partial charge in [0.15, 0.2) is 0 Å². The van der Waals surface area contributed by atoms with Crippen LogP contribution >= 0.6 is 0 Å². The molecule has 2 atom stereocenters. The van der Waals surface area contributed by atoms with E-state index in [0.717, 1.165) is 36.2 Å². The van der Waals surface area contributed by atoms with E-state index in [1.54, 1.807) is 24.3 Å². The molecule has 10 nitrogen and oxygen atoms in total. The summed E-state index contributed by atoms with van der Waals surface area (Å²) < 4.78 is 38.8. The zero-order chi connectivity index (χ0) is 35.1. The van der Waals surface area contributed by atoms with Crippen molar-refractivity contribution in [2.75, 3.05) is 22.7 Å². The molecular formula is C37H50N4O6S. The van der Waals surface area contributed by atoms with Crippen molar-refractivity contribution in [3.05, 3.63) is 89.5 Å². The molecule has 2 amide bonds. The third-order valence-electron chi connectivity index (χ3n) is 7.75. The first kappa shape index (κ1) is 36.6. The Labute approximate surface area is 285 Å². The Balaban J connectivity index is 0.000000237. The maximum atomic E-state index is 13.3. The summed E-state index contributed by atoms with van der Waals surface area (Å²) in [4.78, 5) is 24.3. The fourth-order valence-corrected chi connectivity index (χ4v) is 7.11. The minimum absolute atomic E-state index is 0.117. The summed E-state index contributed by atoms with van der Waals surface area (Å²) in [5.74, 6) is 0. The molecule has 3 N–H and O–H groups in total. The van der Waals surface area contributed by atoms with Gasteiger partial charge in [-0.1, -0.05) is 54.1 Å². The van der Waals surface area contributed by atoms with Gasteiger partial charge in [-0.3, -0.25) is 4.31 Å². The van der Waals surface area contributed by atoms with Crippen molar-refractivity contribution < 1.29 is 27.5 Å². The van der Waals surface area contributed by atoms with Crippen molar-refractivity contribution in [3.63, 3.8) is 0 Å². The highest BCUT2D eigenvalue weighted by atomic mass is 32.2. The van der Waals surface area contributed by atoms with Gasteiger partial charge in [-0.25, -0.2) is 18.0 Å².